The van der Waals surface area contributed by atoms with Crippen LogP contribution >= 0.6 is 0 Å². The van der Waals surface area contributed by atoms with Crippen LogP contribution in [0.5, 0.6) is 0 Å². The summed E-state index contributed by atoms with van der Waals surface area (Å²) in [5.74, 6) is 0. The third-order valence-corrected chi connectivity index (χ3v) is 4.75. The van der Waals surface area contributed by atoms with Crippen LogP contribution in [0.25, 0.3) is 0 Å². The average Bonchev–Trinajstić information content (AvgIpc) is 2.39. The van der Waals surface area contributed by atoms with Crippen molar-refractivity contribution in [1.29, 1.82) is 0 Å². The van der Waals surface area contributed by atoms with Crippen LogP contribution in [0.3, 0.4) is 0 Å². The van der Waals surface area contributed by atoms with E-state index in [0.29, 0.717) is 0 Å². The van der Waals surface area contributed by atoms with E-state index in [2.05, 4.69) is 16.1 Å². The van der Waals surface area contributed by atoms with Gasteiger partial charge in [0.25, 0.3) is 0 Å². The third-order valence-electron chi connectivity index (χ3n) is 3.24. The van der Waals surface area contributed by atoms with Crippen molar-refractivity contribution in [2.45, 2.75) is 18.7 Å². The molecule has 1 aromatic carbocycles. The monoisotopic (exact) mass is 252 g/mol. The van der Waals surface area contributed by atoms with Crippen molar-refractivity contribution in [2.24, 2.45) is 0 Å². The second-order valence-electron chi connectivity index (χ2n) is 4.43. The Balaban J connectivity index is 1.99. The molecule has 0 spiro atoms. The summed E-state index contributed by atoms with van der Waals surface area (Å²) in [6, 6.07) is 7.99. The van der Waals surface area contributed by atoms with E-state index < -0.39 is 11.0 Å². The lowest BCUT2D eigenvalue weighted by Crippen LogP contribution is -2.46. The lowest BCUT2D eigenvalue weighted by Gasteiger charge is -2.32. The first-order chi connectivity index (χ1) is 8.20. The molecule has 0 radical (unpaired) electrons. The predicted molar refractivity (Wildman–Crippen MR) is 71.3 cm³/mol. The van der Waals surface area contributed by atoms with Gasteiger partial charge in [-0.25, -0.2) is 8.51 Å². The maximum atomic E-state index is 12.3. The van der Waals surface area contributed by atoms with Gasteiger partial charge in [-0.05, 0) is 25.6 Å². The molecule has 2 rings (SSSR count). The van der Waals surface area contributed by atoms with E-state index in [-0.39, 0.29) is 0 Å². The number of hydrogen-bond acceptors (Lipinski definition) is 2. The molecule has 3 nitrogen and oxygen atoms in total. The molecule has 1 atom stereocenters. The number of benzene rings is 1. The van der Waals surface area contributed by atoms with Gasteiger partial charge in [0.05, 0.1) is 4.90 Å². The fourth-order valence-electron chi connectivity index (χ4n) is 2.02. The van der Waals surface area contributed by atoms with Crippen molar-refractivity contribution in [3.63, 3.8) is 0 Å². The predicted octanol–water partition coefficient (Wildman–Crippen LogP) is 1.66. The summed E-state index contributed by atoms with van der Waals surface area (Å²) in [7, 11) is -0.988. The van der Waals surface area contributed by atoms with Gasteiger partial charge >= 0.3 is 0 Å². The van der Waals surface area contributed by atoms with Crippen molar-refractivity contribution in [2.75, 3.05) is 32.7 Å². The largest absolute Gasteiger partial charge is 0.301 e. The molecule has 1 fully saturated rings. The van der Waals surface area contributed by atoms with Crippen LogP contribution in [0.2, 0.25) is 0 Å². The van der Waals surface area contributed by atoms with Crippen LogP contribution in [-0.4, -0.2) is 46.1 Å². The molecular formula is C13H20N2OS. The Morgan fingerprint density at radius 2 is 1.71 bits per heavy atom. The number of rotatable bonds is 3. The van der Waals surface area contributed by atoms with Gasteiger partial charge in [0.2, 0.25) is 0 Å². The van der Waals surface area contributed by atoms with E-state index in [4.69, 9.17) is 0 Å². The summed E-state index contributed by atoms with van der Waals surface area (Å²) in [5.41, 5.74) is 1.21. The Kier molecular flexibility index (Phi) is 4.31. The molecule has 94 valence electrons. The molecule has 0 bridgehead atoms. The van der Waals surface area contributed by atoms with E-state index in [9.17, 15) is 4.21 Å². The van der Waals surface area contributed by atoms with Crippen LogP contribution in [0.1, 0.15) is 12.5 Å². The minimum absolute atomic E-state index is 0.897. The van der Waals surface area contributed by atoms with E-state index >= 15 is 0 Å². The van der Waals surface area contributed by atoms with Crippen molar-refractivity contribution in [1.82, 2.24) is 9.21 Å². The smallest absolute Gasteiger partial charge is 0.127 e. The molecule has 1 saturated heterocycles. The summed E-state index contributed by atoms with van der Waals surface area (Å²) in [6.45, 7) is 9.15. The van der Waals surface area contributed by atoms with Gasteiger partial charge in [-0.1, -0.05) is 24.6 Å². The summed E-state index contributed by atoms with van der Waals surface area (Å²) < 4.78 is 14.4. The zero-order valence-corrected chi connectivity index (χ0v) is 11.4. The van der Waals surface area contributed by atoms with E-state index in [1.807, 2.05) is 31.2 Å². The SMILES string of the molecule is CCN1CCN(S(=O)c2ccc(C)cc2)CC1. The molecule has 0 saturated carbocycles. The van der Waals surface area contributed by atoms with Gasteiger partial charge in [-0.2, -0.15) is 0 Å². The molecule has 1 aliphatic heterocycles. The van der Waals surface area contributed by atoms with Crippen LogP contribution < -0.4 is 0 Å². The molecule has 17 heavy (non-hydrogen) atoms. The number of hydrogen-bond donors (Lipinski definition) is 0. The van der Waals surface area contributed by atoms with Gasteiger partial charge in [0.15, 0.2) is 0 Å². The maximum Gasteiger partial charge on any atom is 0.127 e. The van der Waals surface area contributed by atoms with Gasteiger partial charge < -0.3 is 4.90 Å². The lowest BCUT2D eigenvalue weighted by molar-refractivity contribution is 0.201. The van der Waals surface area contributed by atoms with Crippen molar-refractivity contribution in [3.8, 4) is 0 Å². The van der Waals surface area contributed by atoms with Crippen molar-refractivity contribution >= 4 is 11.0 Å². The first-order valence-electron chi connectivity index (χ1n) is 6.16. The normalized spacial score (nSPS) is 20.4. The Bertz CT molecular complexity index is 383. The van der Waals surface area contributed by atoms with Crippen LogP contribution in [0.4, 0.5) is 0 Å². The molecule has 0 N–H and O–H groups in total. The molecule has 1 aliphatic rings. The average molecular weight is 252 g/mol. The third kappa shape index (κ3) is 3.15. The van der Waals surface area contributed by atoms with Crippen LogP contribution in [0, 0.1) is 6.92 Å². The zero-order valence-electron chi connectivity index (χ0n) is 10.6. The second kappa shape index (κ2) is 5.76. The maximum absolute atomic E-state index is 12.3. The van der Waals surface area contributed by atoms with E-state index in [1.54, 1.807) is 0 Å². The highest BCUT2D eigenvalue weighted by atomic mass is 32.2. The quantitative estimate of drug-likeness (QED) is 0.817. The van der Waals surface area contributed by atoms with Crippen LogP contribution in [0.15, 0.2) is 29.2 Å². The highest BCUT2D eigenvalue weighted by Crippen LogP contribution is 2.14. The summed E-state index contributed by atoms with van der Waals surface area (Å²) in [5, 5.41) is 0. The minimum Gasteiger partial charge on any atom is -0.301 e. The standard InChI is InChI=1S/C13H20N2OS/c1-3-14-8-10-15(11-9-14)17(16)13-6-4-12(2)5-7-13/h4-7H,3,8-11H2,1-2H3. The Morgan fingerprint density at radius 1 is 1.12 bits per heavy atom. The highest BCUT2D eigenvalue weighted by Gasteiger charge is 2.20. The van der Waals surface area contributed by atoms with Gasteiger partial charge in [0, 0.05) is 26.2 Å². The molecule has 0 aliphatic carbocycles. The minimum atomic E-state index is -0.988. The Morgan fingerprint density at radius 3 is 2.24 bits per heavy atom. The summed E-state index contributed by atoms with van der Waals surface area (Å²) in [4.78, 5) is 3.31. The summed E-state index contributed by atoms with van der Waals surface area (Å²) in [6.07, 6.45) is 0. The van der Waals surface area contributed by atoms with E-state index in [1.165, 1.54) is 5.56 Å². The zero-order chi connectivity index (χ0) is 12.3. The number of likely N-dealkylation sites (N-methyl/N-ethyl adjacent to an activating group) is 1. The van der Waals surface area contributed by atoms with Crippen molar-refractivity contribution < 1.29 is 4.21 Å². The fraction of sp³-hybridized carbons (Fsp3) is 0.538. The molecule has 4 heteroatoms. The molecule has 1 unspecified atom stereocenters. The number of piperazine rings is 1. The van der Waals surface area contributed by atoms with Gasteiger partial charge in [0.1, 0.15) is 11.0 Å². The summed E-state index contributed by atoms with van der Waals surface area (Å²) >= 11 is 0. The Labute approximate surface area is 106 Å². The van der Waals surface area contributed by atoms with Gasteiger partial charge in [-0.3, -0.25) is 0 Å². The fourth-order valence-corrected chi connectivity index (χ4v) is 3.18. The molecule has 1 heterocycles. The first kappa shape index (κ1) is 12.7. The lowest BCUT2D eigenvalue weighted by atomic mass is 10.2. The number of aryl methyl sites for hydroxylation is 1. The topological polar surface area (TPSA) is 23.6 Å². The first-order valence-corrected chi connectivity index (χ1v) is 7.27. The Hall–Kier alpha value is -0.710. The molecule has 1 aromatic rings. The van der Waals surface area contributed by atoms with Crippen LogP contribution in [-0.2, 0) is 11.0 Å². The van der Waals surface area contributed by atoms with E-state index in [0.717, 1.165) is 37.6 Å². The molecule has 0 amide bonds. The molecule has 0 aromatic heterocycles. The van der Waals surface area contributed by atoms with Gasteiger partial charge in [-0.15, -0.1) is 0 Å². The second-order valence-corrected chi connectivity index (χ2v) is 5.91. The number of nitrogens with zero attached hydrogens (tertiary/aromatic N) is 2. The molecular weight excluding hydrogens is 232 g/mol. The van der Waals surface area contributed by atoms with Crippen molar-refractivity contribution in [3.05, 3.63) is 29.8 Å². The highest BCUT2D eigenvalue weighted by molar-refractivity contribution is 7.82.